The average molecular weight is 294 g/mol. The first-order valence-electron chi connectivity index (χ1n) is 9.25. The summed E-state index contributed by atoms with van der Waals surface area (Å²) < 4.78 is 6.03. The molecule has 0 radical (unpaired) electrons. The van der Waals surface area contributed by atoms with E-state index >= 15 is 0 Å². The number of likely N-dealkylation sites (tertiary alicyclic amines) is 1. The number of ether oxygens (including phenoxy) is 1. The van der Waals surface area contributed by atoms with Gasteiger partial charge in [-0.25, -0.2) is 0 Å². The van der Waals surface area contributed by atoms with Crippen LogP contribution < -0.4 is 5.73 Å². The van der Waals surface area contributed by atoms with E-state index in [9.17, 15) is 0 Å². The number of rotatable bonds is 4. The lowest BCUT2D eigenvalue weighted by molar-refractivity contribution is -0.0954. The molecule has 0 aromatic rings. The Balaban J connectivity index is 1.77. The monoisotopic (exact) mass is 294 g/mol. The summed E-state index contributed by atoms with van der Waals surface area (Å²) >= 11 is 0. The lowest BCUT2D eigenvalue weighted by Gasteiger charge is -2.50. The lowest BCUT2D eigenvalue weighted by atomic mass is 9.80. The van der Waals surface area contributed by atoms with Crippen LogP contribution >= 0.6 is 0 Å². The molecule has 3 unspecified atom stereocenters. The first-order chi connectivity index (χ1) is 10.2. The van der Waals surface area contributed by atoms with Crippen molar-refractivity contribution in [3.8, 4) is 0 Å². The largest absolute Gasteiger partial charge is 0.378 e. The van der Waals surface area contributed by atoms with Gasteiger partial charge in [-0.1, -0.05) is 26.7 Å². The van der Waals surface area contributed by atoms with Gasteiger partial charge < -0.3 is 10.5 Å². The van der Waals surface area contributed by atoms with Gasteiger partial charge in [0.2, 0.25) is 0 Å². The maximum atomic E-state index is 6.34. The van der Waals surface area contributed by atoms with Crippen LogP contribution in [0.25, 0.3) is 0 Å². The third kappa shape index (κ3) is 3.02. The Hall–Kier alpha value is -0.120. The number of nitrogens with zero attached hydrogens (tertiary/aromatic N) is 1. The Kier molecular flexibility index (Phi) is 4.92. The minimum Gasteiger partial charge on any atom is -0.378 e. The molecule has 1 saturated carbocycles. The zero-order valence-electron chi connectivity index (χ0n) is 14.0. The van der Waals surface area contributed by atoms with Crippen LogP contribution in [0.3, 0.4) is 0 Å². The van der Waals surface area contributed by atoms with Crippen molar-refractivity contribution in [3.63, 3.8) is 0 Å². The summed E-state index contributed by atoms with van der Waals surface area (Å²) in [6.45, 7) is 7.55. The molecule has 21 heavy (non-hydrogen) atoms. The molecule has 0 aromatic heterocycles. The summed E-state index contributed by atoms with van der Waals surface area (Å²) in [5.74, 6) is 1.54. The predicted molar refractivity (Wildman–Crippen MR) is 87.3 cm³/mol. The standard InChI is InChI=1S/C18H34N2O/c1-14(2)17-12-18(13-19,9-11-21-17)20-10-5-8-16(20)15-6-3-4-7-15/h14-17H,3-13,19H2,1-2H3. The second-order valence-electron chi connectivity index (χ2n) is 7.98. The fourth-order valence-electron chi connectivity index (χ4n) is 5.14. The Morgan fingerprint density at radius 1 is 1.19 bits per heavy atom. The molecule has 3 aliphatic rings. The zero-order chi connectivity index (χ0) is 14.9. The van der Waals surface area contributed by atoms with Gasteiger partial charge in [-0.05, 0) is 56.9 Å². The summed E-state index contributed by atoms with van der Waals surface area (Å²) in [7, 11) is 0. The highest BCUT2D eigenvalue weighted by Gasteiger charge is 2.47. The van der Waals surface area contributed by atoms with E-state index in [0.29, 0.717) is 12.0 Å². The first-order valence-corrected chi connectivity index (χ1v) is 9.25. The van der Waals surface area contributed by atoms with E-state index in [1.54, 1.807) is 0 Å². The van der Waals surface area contributed by atoms with Crippen molar-refractivity contribution in [2.75, 3.05) is 19.7 Å². The van der Waals surface area contributed by atoms with Gasteiger partial charge in [-0.3, -0.25) is 4.90 Å². The van der Waals surface area contributed by atoms with Crippen molar-refractivity contribution in [3.05, 3.63) is 0 Å². The molecule has 2 N–H and O–H groups in total. The molecule has 3 atom stereocenters. The maximum Gasteiger partial charge on any atom is 0.0616 e. The van der Waals surface area contributed by atoms with Crippen molar-refractivity contribution in [2.45, 2.75) is 82.9 Å². The highest BCUT2D eigenvalue weighted by molar-refractivity contribution is 5.03. The van der Waals surface area contributed by atoms with Gasteiger partial charge in [0.1, 0.15) is 0 Å². The Morgan fingerprint density at radius 2 is 1.95 bits per heavy atom. The Morgan fingerprint density at radius 3 is 2.62 bits per heavy atom. The molecule has 2 saturated heterocycles. The molecule has 3 nitrogen and oxygen atoms in total. The van der Waals surface area contributed by atoms with E-state index in [4.69, 9.17) is 10.5 Å². The van der Waals surface area contributed by atoms with E-state index in [1.165, 1.54) is 45.1 Å². The van der Waals surface area contributed by atoms with E-state index in [1.807, 2.05) is 0 Å². The van der Waals surface area contributed by atoms with E-state index in [-0.39, 0.29) is 5.54 Å². The van der Waals surface area contributed by atoms with Crippen LogP contribution in [-0.4, -0.2) is 42.3 Å². The second kappa shape index (κ2) is 6.55. The topological polar surface area (TPSA) is 38.5 Å². The van der Waals surface area contributed by atoms with Crippen molar-refractivity contribution in [1.29, 1.82) is 0 Å². The molecule has 3 heteroatoms. The SMILES string of the molecule is CC(C)C1CC(CN)(N2CCCC2C2CCCC2)CCO1. The molecular weight excluding hydrogens is 260 g/mol. The highest BCUT2D eigenvalue weighted by atomic mass is 16.5. The third-order valence-electron chi connectivity index (χ3n) is 6.46. The fraction of sp³-hybridized carbons (Fsp3) is 1.00. The summed E-state index contributed by atoms with van der Waals surface area (Å²) in [6.07, 6.45) is 11.2. The number of hydrogen-bond acceptors (Lipinski definition) is 3. The smallest absolute Gasteiger partial charge is 0.0616 e. The number of hydrogen-bond donors (Lipinski definition) is 1. The second-order valence-corrected chi connectivity index (χ2v) is 7.98. The average Bonchev–Trinajstić information content (AvgIpc) is 3.17. The van der Waals surface area contributed by atoms with Gasteiger partial charge in [0.05, 0.1) is 6.10 Å². The van der Waals surface area contributed by atoms with E-state index < -0.39 is 0 Å². The molecule has 0 aromatic carbocycles. The molecule has 3 fully saturated rings. The quantitative estimate of drug-likeness (QED) is 0.865. The number of nitrogens with two attached hydrogens (primary N) is 1. The summed E-state index contributed by atoms with van der Waals surface area (Å²) in [6, 6.07) is 0.807. The van der Waals surface area contributed by atoms with Gasteiger partial charge in [0.15, 0.2) is 0 Å². The van der Waals surface area contributed by atoms with Gasteiger partial charge in [-0.15, -0.1) is 0 Å². The Labute approximate surface area is 130 Å². The Bertz CT molecular complexity index is 340. The van der Waals surface area contributed by atoms with Crippen LogP contribution in [0.4, 0.5) is 0 Å². The zero-order valence-corrected chi connectivity index (χ0v) is 14.0. The molecule has 122 valence electrons. The maximum absolute atomic E-state index is 6.34. The normalized spacial score (nSPS) is 39.4. The highest BCUT2D eigenvalue weighted by Crippen LogP contribution is 2.42. The van der Waals surface area contributed by atoms with Crippen molar-refractivity contribution in [2.24, 2.45) is 17.6 Å². The van der Waals surface area contributed by atoms with Crippen LogP contribution in [0.1, 0.15) is 65.2 Å². The first kappa shape index (κ1) is 15.8. The van der Waals surface area contributed by atoms with Crippen LogP contribution in [0.15, 0.2) is 0 Å². The van der Waals surface area contributed by atoms with Gasteiger partial charge >= 0.3 is 0 Å². The van der Waals surface area contributed by atoms with Crippen LogP contribution in [0, 0.1) is 11.8 Å². The van der Waals surface area contributed by atoms with Gasteiger partial charge in [-0.2, -0.15) is 0 Å². The predicted octanol–water partition coefficient (Wildman–Crippen LogP) is 3.17. The molecule has 1 aliphatic carbocycles. The van der Waals surface area contributed by atoms with E-state index in [2.05, 4.69) is 18.7 Å². The molecule has 0 bridgehead atoms. The molecule has 0 spiro atoms. The molecule has 3 rings (SSSR count). The fourth-order valence-corrected chi connectivity index (χ4v) is 5.14. The van der Waals surface area contributed by atoms with Crippen LogP contribution in [0.2, 0.25) is 0 Å². The minimum absolute atomic E-state index is 0.219. The molecule has 2 heterocycles. The third-order valence-corrected chi connectivity index (χ3v) is 6.46. The summed E-state index contributed by atoms with van der Waals surface area (Å²) in [5, 5.41) is 0. The van der Waals surface area contributed by atoms with Gasteiger partial charge in [0.25, 0.3) is 0 Å². The van der Waals surface area contributed by atoms with Gasteiger partial charge in [0, 0.05) is 24.7 Å². The summed E-state index contributed by atoms with van der Waals surface area (Å²) in [4.78, 5) is 2.85. The summed E-state index contributed by atoms with van der Waals surface area (Å²) in [5.41, 5.74) is 6.56. The molecule has 2 aliphatic heterocycles. The van der Waals surface area contributed by atoms with Crippen molar-refractivity contribution in [1.82, 2.24) is 4.90 Å². The van der Waals surface area contributed by atoms with E-state index in [0.717, 1.165) is 38.0 Å². The van der Waals surface area contributed by atoms with Crippen LogP contribution in [0.5, 0.6) is 0 Å². The van der Waals surface area contributed by atoms with Crippen molar-refractivity contribution >= 4 is 0 Å². The molecular formula is C18H34N2O. The van der Waals surface area contributed by atoms with Crippen LogP contribution in [-0.2, 0) is 4.74 Å². The van der Waals surface area contributed by atoms with Crippen molar-refractivity contribution < 1.29 is 4.74 Å². The lowest BCUT2D eigenvalue weighted by Crippen LogP contribution is -2.61. The minimum atomic E-state index is 0.219. The molecule has 0 amide bonds.